The molecule has 0 aliphatic carbocycles. The molecule has 8 heteroatoms. The maximum Gasteiger partial charge on any atom is 0.349 e. The lowest BCUT2D eigenvalue weighted by Gasteiger charge is -2.41. The number of aryl methyl sites for hydroxylation is 1. The number of hydrogen-bond donors (Lipinski definition) is 0. The predicted molar refractivity (Wildman–Crippen MR) is 120 cm³/mol. The van der Waals surface area contributed by atoms with Gasteiger partial charge in [0, 0.05) is 44.3 Å². The molecule has 31 heavy (non-hydrogen) atoms. The van der Waals surface area contributed by atoms with Crippen LogP contribution in [0.25, 0.3) is 21.9 Å². The summed E-state index contributed by atoms with van der Waals surface area (Å²) in [5, 5.41) is 10.4. The quantitative estimate of drug-likeness (QED) is 0.500. The first kappa shape index (κ1) is 19.0. The van der Waals surface area contributed by atoms with Crippen molar-refractivity contribution in [3.8, 4) is 6.07 Å². The average Bonchev–Trinajstić information content (AvgIpc) is 2.81. The Balaban J connectivity index is 1.53. The normalized spacial score (nSPS) is 16.6. The number of para-hydroxylation sites is 1. The molecule has 0 amide bonds. The maximum absolute atomic E-state index is 12.5. The van der Waals surface area contributed by atoms with Crippen LogP contribution < -0.4 is 15.5 Å². The van der Waals surface area contributed by atoms with Crippen molar-refractivity contribution in [1.82, 2.24) is 19.5 Å². The molecule has 1 aliphatic rings. The highest BCUT2D eigenvalue weighted by Gasteiger charge is 2.28. The third-order valence-electron chi connectivity index (χ3n) is 5.90. The molecule has 8 nitrogen and oxygen atoms in total. The molecular weight excluding hydrogens is 390 g/mol. The number of nitriles is 1. The summed E-state index contributed by atoms with van der Waals surface area (Å²) in [6, 6.07) is 15.8. The van der Waals surface area contributed by atoms with Crippen LogP contribution in [0.15, 0.2) is 53.5 Å². The van der Waals surface area contributed by atoms with Gasteiger partial charge in [-0.15, -0.1) is 0 Å². The summed E-state index contributed by atoms with van der Waals surface area (Å²) in [6.45, 7) is 4.31. The van der Waals surface area contributed by atoms with Crippen LogP contribution in [0, 0.1) is 11.3 Å². The van der Waals surface area contributed by atoms with Crippen LogP contribution in [-0.4, -0.2) is 45.2 Å². The molecule has 0 radical (unpaired) electrons. The van der Waals surface area contributed by atoms with Crippen molar-refractivity contribution in [2.75, 3.05) is 29.4 Å². The van der Waals surface area contributed by atoms with Gasteiger partial charge in [-0.3, -0.25) is 9.55 Å². The fraction of sp³-hybridized carbons (Fsp3) is 0.261. The minimum atomic E-state index is -0.332. The van der Waals surface area contributed by atoms with E-state index in [4.69, 9.17) is 0 Å². The molecule has 0 N–H and O–H groups in total. The summed E-state index contributed by atoms with van der Waals surface area (Å²) in [5.74, 6) is 0.540. The van der Waals surface area contributed by atoms with E-state index in [1.807, 2.05) is 12.3 Å². The van der Waals surface area contributed by atoms with Gasteiger partial charge in [-0.05, 0) is 31.2 Å². The lowest BCUT2D eigenvalue weighted by molar-refractivity contribution is 0.546. The third kappa shape index (κ3) is 3.15. The number of hydrogen-bond acceptors (Lipinski definition) is 7. The van der Waals surface area contributed by atoms with Crippen molar-refractivity contribution in [2.24, 2.45) is 7.05 Å². The van der Waals surface area contributed by atoms with Crippen LogP contribution in [0.1, 0.15) is 12.6 Å². The third-order valence-corrected chi connectivity index (χ3v) is 5.90. The molecule has 154 valence electrons. The lowest BCUT2D eigenvalue weighted by atomic mass is 10.1. The Hall–Kier alpha value is -3.99. The summed E-state index contributed by atoms with van der Waals surface area (Å²) in [6.07, 6.45) is 1.82. The van der Waals surface area contributed by atoms with Crippen molar-refractivity contribution in [3.63, 3.8) is 0 Å². The van der Waals surface area contributed by atoms with E-state index >= 15 is 0 Å². The van der Waals surface area contributed by atoms with Crippen LogP contribution in [0.4, 0.5) is 11.5 Å². The van der Waals surface area contributed by atoms with Crippen molar-refractivity contribution in [1.29, 1.82) is 5.26 Å². The van der Waals surface area contributed by atoms with Gasteiger partial charge in [-0.25, -0.2) is 9.78 Å². The fourth-order valence-electron chi connectivity index (χ4n) is 4.31. The van der Waals surface area contributed by atoms with Crippen LogP contribution in [0.2, 0.25) is 0 Å². The van der Waals surface area contributed by atoms with E-state index < -0.39 is 0 Å². The predicted octanol–water partition coefficient (Wildman–Crippen LogP) is 2.46. The Bertz CT molecular complexity index is 1400. The molecule has 5 rings (SSSR count). The SMILES string of the molecule is C[C@H]1CN(c2cccc3cccnc23)CCN1c1nc(=O)n(C)c2ccc(C#N)nc12. The second-order valence-corrected chi connectivity index (χ2v) is 7.79. The molecule has 0 spiro atoms. The zero-order valence-electron chi connectivity index (χ0n) is 17.4. The van der Waals surface area contributed by atoms with Crippen molar-refractivity contribution < 1.29 is 0 Å². The smallest absolute Gasteiger partial charge is 0.349 e. The molecule has 4 heterocycles. The summed E-state index contributed by atoms with van der Waals surface area (Å²) in [7, 11) is 1.67. The van der Waals surface area contributed by atoms with E-state index in [2.05, 4.69) is 62.0 Å². The van der Waals surface area contributed by atoms with Gasteiger partial charge in [0.2, 0.25) is 0 Å². The van der Waals surface area contributed by atoms with E-state index in [9.17, 15) is 10.1 Å². The van der Waals surface area contributed by atoms with Gasteiger partial charge in [0.15, 0.2) is 5.82 Å². The molecule has 0 bridgehead atoms. The first-order valence-corrected chi connectivity index (χ1v) is 10.2. The van der Waals surface area contributed by atoms with Crippen LogP contribution in [-0.2, 0) is 7.05 Å². The molecule has 0 saturated carbocycles. The Labute approximate surface area is 179 Å². The minimum Gasteiger partial charge on any atom is -0.366 e. The van der Waals surface area contributed by atoms with Gasteiger partial charge in [-0.2, -0.15) is 10.2 Å². The van der Waals surface area contributed by atoms with E-state index in [-0.39, 0.29) is 11.7 Å². The topological polar surface area (TPSA) is 90.9 Å². The Morgan fingerprint density at radius 2 is 1.90 bits per heavy atom. The zero-order chi connectivity index (χ0) is 21.5. The van der Waals surface area contributed by atoms with Gasteiger partial charge < -0.3 is 9.80 Å². The zero-order valence-corrected chi connectivity index (χ0v) is 17.4. The molecule has 4 aromatic rings. The molecule has 1 aliphatic heterocycles. The van der Waals surface area contributed by atoms with Gasteiger partial charge in [-0.1, -0.05) is 18.2 Å². The first-order valence-electron chi connectivity index (χ1n) is 10.2. The maximum atomic E-state index is 12.5. The summed E-state index contributed by atoms with van der Waals surface area (Å²) in [5.41, 5.74) is 3.32. The fourth-order valence-corrected chi connectivity index (χ4v) is 4.31. The number of benzene rings is 1. The second-order valence-electron chi connectivity index (χ2n) is 7.79. The number of pyridine rings is 2. The number of aromatic nitrogens is 4. The van der Waals surface area contributed by atoms with E-state index in [1.165, 1.54) is 4.57 Å². The van der Waals surface area contributed by atoms with Gasteiger partial charge in [0.05, 0.1) is 16.7 Å². The highest BCUT2D eigenvalue weighted by atomic mass is 16.1. The number of nitrogens with zero attached hydrogens (tertiary/aromatic N) is 7. The number of fused-ring (bicyclic) bond motifs is 2. The molecule has 1 aromatic carbocycles. The first-order chi connectivity index (χ1) is 15.1. The Morgan fingerprint density at radius 1 is 1.06 bits per heavy atom. The average molecular weight is 411 g/mol. The van der Waals surface area contributed by atoms with Crippen LogP contribution in [0.3, 0.4) is 0 Å². The van der Waals surface area contributed by atoms with Crippen molar-refractivity contribution in [2.45, 2.75) is 13.0 Å². The molecular formula is C23H21N7O. The van der Waals surface area contributed by atoms with Gasteiger partial charge in [0.1, 0.15) is 17.3 Å². The Kier molecular flexibility index (Phi) is 4.51. The molecule has 0 unspecified atom stereocenters. The summed E-state index contributed by atoms with van der Waals surface area (Å²) >= 11 is 0. The lowest BCUT2D eigenvalue weighted by Crippen LogP contribution is -2.53. The van der Waals surface area contributed by atoms with Crippen molar-refractivity contribution in [3.05, 3.63) is 64.8 Å². The van der Waals surface area contributed by atoms with Gasteiger partial charge >= 0.3 is 5.69 Å². The highest BCUT2D eigenvalue weighted by Crippen LogP contribution is 2.30. The van der Waals surface area contributed by atoms with E-state index in [1.54, 1.807) is 19.2 Å². The molecule has 1 saturated heterocycles. The monoisotopic (exact) mass is 411 g/mol. The highest BCUT2D eigenvalue weighted by molar-refractivity contribution is 5.91. The van der Waals surface area contributed by atoms with Gasteiger partial charge in [0.25, 0.3) is 0 Å². The molecule has 3 aromatic heterocycles. The number of piperazine rings is 1. The van der Waals surface area contributed by atoms with Crippen LogP contribution in [0.5, 0.6) is 0 Å². The Morgan fingerprint density at radius 3 is 2.71 bits per heavy atom. The standard InChI is InChI=1S/C23H21N7O/c1-15-14-29(19-7-3-5-16-6-4-10-25-20(16)19)11-12-30(15)22-21-18(28(2)23(31)27-22)9-8-17(13-24)26-21/h3-10,15H,11-12,14H2,1-2H3/t15-/m0/s1. The summed E-state index contributed by atoms with van der Waals surface area (Å²) < 4.78 is 1.47. The summed E-state index contributed by atoms with van der Waals surface area (Å²) in [4.78, 5) is 30.3. The van der Waals surface area contributed by atoms with E-state index in [0.717, 1.165) is 29.7 Å². The minimum absolute atomic E-state index is 0.0862. The second kappa shape index (κ2) is 7.36. The number of anilines is 2. The van der Waals surface area contributed by atoms with E-state index in [0.29, 0.717) is 29.1 Å². The number of rotatable bonds is 2. The van der Waals surface area contributed by atoms with Crippen molar-refractivity contribution >= 4 is 33.4 Å². The molecule has 1 atom stereocenters. The largest absolute Gasteiger partial charge is 0.366 e. The van der Waals surface area contributed by atoms with Crippen LogP contribution >= 0.6 is 0 Å². The molecule has 1 fully saturated rings.